The molecule has 1 aliphatic rings. The molecule has 1 fully saturated rings. The Kier molecular flexibility index (Phi) is 6.25. The molecule has 0 spiro atoms. The first-order chi connectivity index (χ1) is 10.6. The highest BCUT2D eigenvalue weighted by atomic mass is 79.9. The van der Waals surface area contributed by atoms with Gasteiger partial charge in [-0.1, -0.05) is 22.0 Å². The zero-order valence-corrected chi connectivity index (χ0v) is 13.9. The summed E-state index contributed by atoms with van der Waals surface area (Å²) in [6.07, 6.45) is 0. The van der Waals surface area contributed by atoms with Crippen molar-refractivity contribution in [1.82, 2.24) is 15.1 Å². The van der Waals surface area contributed by atoms with Crippen LogP contribution in [0.1, 0.15) is 0 Å². The van der Waals surface area contributed by atoms with Gasteiger partial charge in [-0.2, -0.15) is 4.68 Å². The predicted octanol–water partition coefficient (Wildman–Crippen LogP) is 1.72. The molecule has 3 rings (SSSR count). The van der Waals surface area contributed by atoms with Gasteiger partial charge >= 0.3 is 0 Å². The Bertz CT molecular complexity index is 693. The van der Waals surface area contributed by atoms with Gasteiger partial charge in [-0.15, -0.1) is 5.10 Å². The third kappa shape index (κ3) is 4.73. The highest BCUT2D eigenvalue weighted by molar-refractivity contribution is 9.10. The molecule has 2 heterocycles. The number of rotatable bonds is 2. The lowest BCUT2D eigenvalue weighted by molar-refractivity contribution is -0.128. The van der Waals surface area contributed by atoms with Gasteiger partial charge in [0, 0.05) is 16.6 Å². The number of amides is 1. The van der Waals surface area contributed by atoms with Gasteiger partial charge in [0.1, 0.15) is 13.3 Å². The Labute approximate surface area is 140 Å². The summed E-state index contributed by atoms with van der Waals surface area (Å²) >= 11 is 8.22. The van der Waals surface area contributed by atoms with Crippen molar-refractivity contribution in [2.75, 3.05) is 19.8 Å². The molecule has 1 aromatic heterocycles. The third-order valence-electron chi connectivity index (χ3n) is 2.61. The highest BCUT2D eigenvalue weighted by Gasteiger charge is 2.07. The van der Waals surface area contributed by atoms with Crippen molar-refractivity contribution in [2.45, 2.75) is 6.73 Å². The van der Waals surface area contributed by atoms with Crippen LogP contribution in [0.3, 0.4) is 0 Å². The molecule has 2 N–H and O–H groups in total. The molecule has 2 aromatic rings. The summed E-state index contributed by atoms with van der Waals surface area (Å²) < 4.78 is 12.1. The van der Waals surface area contributed by atoms with Gasteiger partial charge < -0.3 is 19.6 Å². The van der Waals surface area contributed by atoms with Crippen molar-refractivity contribution < 1.29 is 19.1 Å². The average molecular weight is 388 g/mol. The van der Waals surface area contributed by atoms with Crippen molar-refractivity contribution in [2.24, 2.45) is 0 Å². The van der Waals surface area contributed by atoms with E-state index >= 15 is 0 Å². The van der Waals surface area contributed by atoms with Crippen LogP contribution >= 0.6 is 28.1 Å². The molecular formula is C13H14BrN3O4S. The quantitative estimate of drug-likeness (QED) is 0.762. The van der Waals surface area contributed by atoms with E-state index in [0.717, 1.165) is 10.0 Å². The number of aliphatic hydroxyl groups excluding tert-OH is 1. The first kappa shape index (κ1) is 16.8. The van der Waals surface area contributed by atoms with Gasteiger partial charge in [-0.05, 0) is 30.4 Å². The maximum Gasteiger partial charge on any atom is 0.289 e. The van der Waals surface area contributed by atoms with E-state index in [1.54, 1.807) is 0 Å². The molecule has 1 amide bonds. The third-order valence-corrected chi connectivity index (χ3v) is 3.40. The molecule has 0 unspecified atom stereocenters. The van der Waals surface area contributed by atoms with Crippen LogP contribution in [0.2, 0.25) is 0 Å². The van der Waals surface area contributed by atoms with Crippen LogP contribution in [0, 0.1) is 4.84 Å². The molecular weight excluding hydrogens is 374 g/mol. The van der Waals surface area contributed by atoms with E-state index < -0.39 is 0 Å². The predicted molar refractivity (Wildman–Crippen MR) is 84.5 cm³/mol. The number of aliphatic hydroxyl groups is 1. The summed E-state index contributed by atoms with van der Waals surface area (Å²) in [7, 11) is 0. The minimum absolute atomic E-state index is 0.00810. The number of benzene rings is 1. The van der Waals surface area contributed by atoms with Crippen molar-refractivity contribution in [3.05, 3.63) is 33.6 Å². The minimum atomic E-state index is -0.281. The number of nitrogens with one attached hydrogen (secondary N) is 1. The topological polar surface area (TPSA) is 89.5 Å². The SMILES string of the molecule is O=C1COCCN1.OCn1nc(-c2cccc(Br)c2)oc1=S. The molecule has 1 aliphatic heterocycles. The smallest absolute Gasteiger partial charge is 0.289 e. The first-order valence-electron chi connectivity index (χ1n) is 6.39. The monoisotopic (exact) mass is 387 g/mol. The van der Waals surface area contributed by atoms with Crippen LogP contribution in [0.25, 0.3) is 11.5 Å². The summed E-state index contributed by atoms with van der Waals surface area (Å²) in [6.45, 7) is 1.28. The van der Waals surface area contributed by atoms with Crippen LogP contribution in [0.5, 0.6) is 0 Å². The highest BCUT2D eigenvalue weighted by Crippen LogP contribution is 2.21. The Balaban J connectivity index is 0.000000211. The van der Waals surface area contributed by atoms with Gasteiger partial charge in [0.2, 0.25) is 11.8 Å². The fourth-order valence-corrected chi connectivity index (χ4v) is 2.19. The van der Waals surface area contributed by atoms with Crippen LogP contribution in [0.15, 0.2) is 33.2 Å². The molecule has 118 valence electrons. The number of halogens is 1. The second kappa shape index (κ2) is 8.18. The maximum absolute atomic E-state index is 10.2. The number of nitrogens with zero attached hydrogens (tertiary/aromatic N) is 2. The minimum Gasteiger partial charge on any atom is -0.409 e. The Morgan fingerprint density at radius 1 is 1.50 bits per heavy atom. The number of carbonyl (C=O) groups excluding carboxylic acids is 1. The summed E-state index contributed by atoms with van der Waals surface area (Å²) in [4.78, 5) is 10.4. The molecule has 22 heavy (non-hydrogen) atoms. The number of carbonyl (C=O) groups is 1. The molecule has 9 heteroatoms. The van der Waals surface area contributed by atoms with Crippen molar-refractivity contribution >= 4 is 34.1 Å². The molecule has 0 bridgehead atoms. The van der Waals surface area contributed by atoms with E-state index in [0.29, 0.717) is 19.0 Å². The second-order valence-electron chi connectivity index (χ2n) is 4.23. The first-order valence-corrected chi connectivity index (χ1v) is 7.59. The lowest BCUT2D eigenvalue weighted by Gasteiger charge is -2.10. The average Bonchev–Trinajstić information content (AvgIpc) is 2.90. The number of ether oxygens (including phenoxy) is 1. The molecule has 0 atom stereocenters. The molecule has 0 aliphatic carbocycles. The summed E-state index contributed by atoms with van der Waals surface area (Å²) in [5.74, 6) is 0.390. The fourth-order valence-electron chi connectivity index (χ4n) is 1.61. The van der Waals surface area contributed by atoms with E-state index in [2.05, 4.69) is 26.3 Å². The Morgan fingerprint density at radius 2 is 2.32 bits per heavy atom. The number of hydrogen-bond donors (Lipinski definition) is 2. The van der Waals surface area contributed by atoms with Gasteiger partial charge in [-0.3, -0.25) is 4.79 Å². The van der Waals surface area contributed by atoms with Crippen molar-refractivity contribution in [1.29, 1.82) is 0 Å². The van der Waals surface area contributed by atoms with Crippen LogP contribution in [0.4, 0.5) is 0 Å². The second-order valence-corrected chi connectivity index (χ2v) is 5.49. The maximum atomic E-state index is 10.2. The Morgan fingerprint density at radius 3 is 2.82 bits per heavy atom. The molecule has 0 saturated carbocycles. The van der Waals surface area contributed by atoms with Gasteiger partial charge in [-0.25, -0.2) is 0 Å². The number of aromatic nitrogens is 2. The zero-order chi connectivity index (χ0) is 15.9. The molecule has 7 nitrogen and oxygen atoms in total. The van der Waals surface area contributed by atoms with Crippen molar-refractivity contribution in [3.8, 4) is 11.5 Å². The van der Waals surface area contributed by atoms with Crippen LogP contribution in [-0.2, 0) is 16.3 Å². The fraction of sp³-hybridized carbons (Fsp3) is 0.308. The standard InChI is InChI=1S/C9H7BrN2O2S.C4H7NO2/c10-7-3-1-2-6(4-7)8-11-12(5-13)9(15)14-8;6-4-3-7-2-1-5-4/h1-4,13H,5H2;1-3H2,(H,5,6). The van der Waals surface area contributed by atoms with E-state index in [9.17, 15) is 4.79 Å². The van der Waals surface area contributed by atoms with E-state index in [1.165, 1.54) is 4.68 Å². The van der Waals surface area contributed by atoms with E-state index in [1.807, 2.05) is 24.3 Å². The zero-order valence-electron chi connectivity index (χ0n) is 11.5. The molecule has 1 saturated heterocycles. The number of hydrogen-bond acceptors (Lipinski definition) is 6. The lowest BCUT2D eigenvalue weighted by atomic mass is 10.2. The number of morpholine rings is 1. The van der Waals surface area contributed by atoms with Crippen LogP contribution < -0.4 is 5.32 Å². The lowest BCUT2D eigenvalue weighted by Crippen LogP contribution is -2.36. The van der Waals surface area contributed by atoms with Gasteiger partial charge in [0.05, 0.1) is 6.61 Å². The van der Waals surface area contributed by atoms with E-state index in [-0.39, 0.29) is 24.1 Å². The van der Waals surface area contributed by atoms with Crippen LogP contribution in [-0.4, -0.2) is 40.6 Å². The molecule has 0 radical (unpaired) electrons. The van der Waals surface area contributed by atoms with Crippen molar-refractivity contribution in [3.63, 3.8) is 0 Å². The molecule has 1 aromatic carbocycles. The Hall–Kier alpha value is -1.55. The normalized spacial score (nSPS) is 14.0. The summed E-state index contributed by atoms with van der Waals surface area (Å²) in [6, 6.07) is 7.49. The summed E-state index contributed by atoms with van der Waals surface area (Å²) in [5.41, 5.74) is 0.808. The largest absolute Gasteiger partial charge is 0.409 e. The van der Waals surface area contributed by atoms with Gasteiger partial charge in [0.25, 0.3) is 4.84 Å². The summed E-state index contributed by atoms with van der Waals surface area (Å²) in [5, 5.41) is 15.5. The van der Waals surface area contributed by atoms with E-state index in [4.69, 9.17) is 26.5 Å². The van der Waals surface area contributed by atoms with Gasteiger partial charge in [0.15, 0.2) is 0 Å².